The highest BCUT2D eigenvalue weighted by atomic mass is 79.9. The molecule has 1 heterocycles. The Bertz CT molecular complexity index is 448. The van der Waals surface area contributed by atoms with Crippen LogP contribution in [-0.4, -0.2) is 0 Å². The van der Waals surface area contributed by atoms with Gasteiger partial charge in [-0.2, -0.15) is 0 Å². The molecule has 0 nitrogen and oxygen atoms in total. The maximum absolute atomic E-state index is 4.42. The minimum absolute atomic E-state index is 0.858. The highest BCUT2D eigenvalue weighted by Gasteiger charge is 2.03. The Labute approximate surface area is 103 Å². The van der Waals surface area contributed by atoms with Gasteiger partial charge in [0.05, 0.1) is 3.79 Å². The van der Waals surface area contributed by atoms with Crippen molar-refractivity contribution in [2.45, 2.75) is 10.2 Å². The normalized spacial score (nSPS) is 11.0. The minimum Gasteiger partial charge on any atom is -0.143 e. The Morgan fingerprint density at radius 2 is 2.08 bits per heavy atom. The predicted octanol–water partition coefficient (Wildman–Crippen LogP) is 4.85. The first-order chi connectivity index (χ1) is 6.20. The number of hydrogen-bond acceptors (Lipinski definition) is 2. The Kier molecular flexibility index (Phi) is 3.03. The fraction of sp³-hybridized carbons (Fsp3) is 0.111. The fourth-order valence-corrected chi connectivity index (χ4v) is 3.76. The number of benzene rings is 1. The van der Waals surface area contributed by atoms with Gasteiger partial charge in [-0.15, -0.1) is 24.0 Å². The molecule has 1 aromatic carbocycles. The molecule has 0 atom stereocenters. The number of fused-ring (bicyclic) bond motifs is 1. The van der Waals surface area contributed by atoms with Gasteiger partial charge < -0.3 is 0 Å². The third kappa shape index (κ3) is 1.96. The van der Waals surface area contributed by atoms with Crippen LogP contribution in [0, 0.1) is 0 Å². The number of alkyl halides is 1. The average Bonchev–Trinajstić information content (AvgIpc) is 2.42. The standard InChI is InChI=1S/C9H6Br2S2/c10-4-6-2-8-5(1-7(6)12)3-9(11)13-8/h1-3,12H,4H2. The van der Waals surface area contributed by atoms with Crippen LogP contribution < -0.4 is 0 Å². The molecule has 0 N–H and O–H groups in total. The molecule has 2 rings (SSSR count). The summed E-state index contributed by atoms with van der Waals surface area (Å²) >= 11 is 13.1. The van der Waals surface area contributed by atoms with Gasteiger partial charge in [0.2, 0.25) is 0 Å². The van der Waals surface area contributed by atoms with Crippen molar-refractivity contribution in [3.05, 3.63) is 27.5 Å². The predicted molar refractivity (Wildman–Crippen MR) is 69.4 cm³/mol. The minimum atomic E-state index is 0.858. The van der Waals surface area contributed by atoms with Crippen LogP contribution in [0.4, 0.5) is 0 Å². The molecule has 13 heavy (non-hydrogen) atoms. The molecule has 0 saturated heterocycles. The van der Waals surface area contributed by atoms with Crippen LogP contribution in [0.1, 0.15) is 5.56 Å². The average molecular weight is 338 g/mol. The summed E-state index contributed by atoms with van der Waals surface area (Å²) in [5, 5.41) is 2.11. The second kappa shape index (κ2) is 3.93. The molecule has 0 unspecified atom stereocenters. The number of hydrogen-bond donors (Lipinski definition) is 1. The van der Waals surface area contributed by atoms with Crippen LogP contribution in [0.2, 0.25) is 0 Å². The zero-order valence-corrected chi connectivity index (χ0v) is 11.4. The summed E-state index contributed by atoms with van der Waals surface area (Å²) in [7, 11) is 0. The van der Waals surface area contributed by atoms with Gasteiger partial charge in [0, 0.05) is 14.9 Å². The second-order valence-electron chi connectivity index (χ2n) is 2.70. The van der Waals surface area contributed by atoms with Crippen molar-refractivity contribution in [1.82, 2.24) is 0 Å². The van der Waals surface area contributed by atoms with Crippen molar-refractivity contribution < 1.29 is 0 Å². The van der Waals surface area contributed by atoms with E-state index in [1.807, 2.05) is 0 Å². The van der Waals surface area contributed by atoms with E-state index in [0.717, 1.165) is 10.2 Å². The van der Waals surface area contributed by atoms with Crippen molar-refractivity contribution in [2.75, 3.05) is 0 Å². The highest BCUT2D eigenvalue weighted by Crippen LogP contribution is 2.33. The maximum atomic E-state index is 4.42. The van der Waals surface area contributed by atoms with Gasteiger partial charge >= 0.3 is 0 Å². The molecule has 0 spiro atoms. The summed E-state index contributed by atoms with van der Waals surface area (Å²) in [5.41, 5.74) is 1.24. The van der Waals surface area contributed by atoms with E-state index in [1.165, 1.54) is 19.4 Å². The van der Waals surface area contributed by atoms with Gasteiger partial charge in [-0.3, -0.25) is 0 Å². The molecule has 0 fully saturated rings. The number of halogens is 2. The third-order valence-electron chi connectivity index (χ3n) is 1.83. The summed E-state index contributed by atoms with van der Waals surface area (Å²) in [4.78, 5) is 1.05. The summed E-state index contributed by atoms with van der Waals surface area (Å²) in [5.74, 6) is 0. The molecule has 4 heteroatoms. The van der Waals surface area contributed by atoms with E-state index >= 15 is 0 Å². The maximum Gasteiger partial charge on any atom is 0.0711 e. The Hall–Kier alpha value is 0.490. The number of thiol groups is 1. The molecule has 0 aliphatic carbocycles. The third-order valence-corrected chi connectivity index (χ3v) is 4.45. The van der Waals surface area contributed by atoms with E-state index in [9.17, 15) is 0 Å². The summed E-state index contributed by atoms with van der Waals surface area (Å²) in [6.45, 7) is 0. The molecule has 1 aromatic heterocycles. The zero-order chi connectivity index (χ0) is 9.42. The van der Waals surface area contributed by atoms with Gasteiger partial charge in [0.1, 0.15) is 0 Å². The van der Waals surface area contributed by atoms with Crippen molar-refractivity contribution in [3.8, 4) is 0 Å². The molecule has 0 aliphatic rings. The van der Waals surface area contributed by atoms with Crippen molar-refractivity contribution >= 4 is 65.9 Å². The Morgan fingerprint density at radius 1 is 1.31 bits per heavy atom. The summed E-state index contributed by atoms with van der Waals surface area (Å²) in [6, 6.07) is 6.41. The second-order valence-corrected chi connectivity index (χ2v) is 6.21. The van der Waals surface area contributed by atoms with E-state index < -0.39 is 0 Å². The first-order valence-corrected chi connectivity index (χ1v) is 6.85. The van der Waals surface area contributed by atoms with Crippen LogP contribution in [0.15, 0.2) is 26.9 Å². The summed E-state index contributed by atoms with van der Waals surface area (Å²) in [6.07, 6.45) is 0. The monoisotopic (exact) mass is 336 g/mol. The van der Waals surface area contributed by atoms with Crippen LogP contribution in [0.25, 0.3) is 10.1 Å². The fourth-order valence-electron chi connectivity index (χ4n) is 1.19. The van der Waals surface area contributed by atoms with Gasteiger partial charge in [-0.1, -0.05) is 15.9 Å². The van der Waals surface area contributed by atoms with Crippen LogP contribution >= 0.6 is 55.8 Å². The van der Waals surface area contributed by atoms with Crippen molar-refractivity contribution in [2.24, 2.45) is 0 Å². The van der Waals surface area contributed by atoms with Crippen molar-refractivity contribution in [3.63, 3.8) is 0 Å². The van der Waals surface area contributed by atoms with E-state index in [4.69, 9.17) is 0 Å². The molecule has 2 aromatic rings. The lowest BCUT2D eigenvalue weighted by Gasteiger charge is -2.00. The van der Waals surface area contributed by atoms with Gasteiger partial charge in [-0.05, 0) is 45.1 Å². The largest absolute Gasteiger partial charge is 0.143 e. The van der Waals surface area contributed by atoms with Crippen LogP contribution in [0.5, 0.6) is 0 Å². The van der Waals surface area contributed by atoms with E-state index in [-0.39, 0.29) is 0 Å². The van der Waals surface area contributed by atoms with Crippen LogP contribution in [0.3, 0.4) is 0 Å². The molecular weight excluding hydrogens is 332 g/mol. The lowest BCUT2D eigenvalue weighted by atomic mass is 10.2. The first-order valence-electron chi connectivity index (χ1n) is 3.67. The van der Waals surface area contributed by atoms with Crippen molar-refractivity contribution in [1.29, 1.82) is 0 Å². The first kappa shape index (κ1) is 10.0. The summed E-state index contributed by atoms with van der Waals surface area (Å²) < 4.78 is 2.47. The number of thiophene rings is 1. The lowest BCUT2D eigenvalue weighted by molar-refractivity contribution is 1.32. The highest BCUT2D eigenvalue weighted by molar-refractivity contribution is 9.11. The zero-order valence-electron chi connectivity index (χ0n) is 6.55. The molecule has 68 valence electrons. The van der Waals surface area contributed by atoms with E-state index in [0.29, 0.717) is 0 Å². The molecule has 0 aliphatic heterocycles. The smallest absolute Gasteiger partial charge is 0.0711 e. The quantitative estimate of drug-likeness (QED) is 0.558. The Morgan fingerprint density at radius 3 is 2.77 bits per heavy atom. The molecule has 0 radical (unpaired) electrons. The van der Waals surface area contributed by atoms with Gasteiger partial charge in [0.15, 0.2) is 0 Å². The molecule has 0 bridgehead atoms. The Balaban J connectivity index is 2.72. The van der Waals surface area contributed by atoms with Gasteiger partial charge in [0.25, 0.3) is 0 Å². The number of rotatable bonds is 1. The molecule has 0 amide bonds. The molecular formula is C9H6Br2S2. The van der Waals surface area contributed by atoms with E-state index in [1.54, 1.807) is 11.3 Å². The van der Waals surface area contributed by atoms with Gasteiger partial charge in [-0.25, -0.2) is 0 Å². The van der Waals surface area contributed by atoms with Crippen LogP contribution in [-0.2, 0) is 5.33 Å². The topological polar surface area (TPSA) is 0 Å². The lowest BCUT2D eigenvalue weighted by Crippen LogP contribution is -1.78. The molecule has 0 saturated carbocycles. The SMILES string of the molecule is Sc1cc2cc(Br)sc2cc1CBr. The van der Waals surface area contributed by atoms with E-state index in [2.05, 4.69) is 62.7 Å².